The summed E-state index contributed by atoms with van der Waals surface area (Å²) >= 11 is 0. The topological polar surface area (TPSA) is 38.1 Å². The molecule has 0 spiro atoms. The molecule has 1 amide bonds. The fourth-order valence-electron chi connectivity index (χ4n) is 4.65. The fourth-order valence-corrected chi connectivity index (χ4v) is 4.65. The Kier molecular flexibility index (Phi) is 4.85. The molecule has 1 saturated heterocycles. The summed E-state index contributed by atoms with van der Waals surface area (Å²) in [6, 6.07) is 23.1. The number of benzene rings is 3. The van der Waals surface area contributed by atoms with Crippen molar-refractivity contribution in [2.45, 2.75) is 39.7 Å². The van der Waals surface area contributed by atoms with Crippen LogP contribution in [0.2, 0.25) is 0 Å². The monoisotopic (exact) mass is 409 g/mol. The highest BCUT2D eigenvalue weighted by Gasteiger charge is 2.35. The number of aryl methyl sites for hydroxylation is 3. The fraction of sp³-hybridized carbons (Fsp3) is 0.259. The van der Waals surface area contributed by atoms with E-state index in [0.717, 1.165) is 34.7 Å². The highest BCUT2D eigenvalue weighted by atomic mass is 16.2. The summed E-state index contributed by atoms with van der Waals surface area (Å²) in [5, 5.41) is 0. The maximum atomic E-state index is 13.0. The van der Waals surface area contributed by atoms with Crippen molar-refractivity contribution in [1.29, 1.82) is 0 Å². The molecule has 1 aliphatic rings. The zero-order valence-electron chi connectivity index (χ0n) is 18.3. The lowest BCUT2D eigenvalue weighted by atomic mass is 10.1. The predicted octanol–water partition coefficient (Wildman–Crippen LogP) is 5.53. The molecule has 1 aromatic heterocycles. The number of fused-ring (bicyclic) bond motifs is 1. The van der Waals surface area contributed by atoms with Crippen LogP contribution >= 0.6 is 0 Å². The van der Waals surface area contributed by atoms with Gasteiger partial charge in [-0.05, 0) is 61.2 Å². The molecule has 1 fully saturated rings. The van der Waals surface area contributed by atoms with Gasteiger partial charge in [0, 0.05) is 31.1 Å². The minimum absolute atomic E-state index is 0.0730. The van der Waals surface area contributed by atoms with Crippen molar-refractivity contribution < 1.29 is 4.79 Å². The Bertz CT molecular complexity index is 1290. The summed E-state index contributed by atoms with van der Waals surface area (Å²) in [5.74, 6) is 1.25. The molecule has 2 heterocycles. The smallest absolute Gasteiger partial charge is 0.227 e. The van der Waals surface area contributed by atoms with Crippen molar-refractivity contribution in [3.05, 3.63) is 94.8 Å². The van der Waals surface area contributed by atoms with E-state index in [1.807, 2.05) is 11.0 Å². The number of para-hydroxylation sites is 2. The zero-order chi connectivity index (χ0) is 21.5. The molecule has 4 nitrogen and oxygen atoms in total. The lowest BCUT2D eigenvalue weighted by Crippen LogP contribution is -2.25. The molecule has 1 aliphatic heterocycles. The third-order valence-corrected chi connectivity index (χ3v) is 6.42. The van der Waals surface area contributed by atoms with Crippen LogP contribution in [-0.2, 0) is 11.3 Å². The molecule has 156 valence electrons. The third kappa shape index (κ3) is 3.52. The van der Waals surface area contributed by atoms with Gasteiger partial charge in [0.05, 0.1) is 11.0 Å². The number of rotatable bonds is 4. The van der Waals surface area contributed by atoms with Gasteiger partial charge in [-0.15, -0.1) is 0 Å². The Balaban J connectivity index is 1.55. The van der Waals surface area contributed by atoms with Crippen LogP contribution in [0.25, 0.3) is 11.0 Å². The van der Waals surface area contributed by atoms with Crippen LogP contribution in [0.3, 0.4) is 0 Å². The summed E-state index contributed by atoms with van der Waals surface area (Å²) in [6.07, 6.45) is 0.491. The van der Waals surface area contributed by atoms with Crippen LogP contribution in [0, 0.1) is 20.8 Å². The molecule has 4 aromatic rings. The molecule has 31 heavy (non-hydrogen) atoms. The molecule has 0 N–H and O–H groups in total. The van der Waals surface area contributed by atoms with Gasteiger partial charge in [-0.2, -0.15) is 0 Å². The van der Waals surface area contributed by atoms with Gasteiger partial charge in [-0.3, -0.25) is 4.79 Å². The number of hydrogen-bond donors (Lipinski definition) is 0. The Hall–Kier alpha value is -3.40. The molecule has 5 rings (SSSR count). The van der Waals surface area contributed by atoms with Gasteiger partial charge in [0.25, 0.3) is 0 Å². The summed E-state index contributed by atoms with van der Waals surface area (Å²) in [4.78, 5) is 20.0. The molecule has 1 atom stereocenters. The Morgan fingerprint density at radius 3 is 2.55 bits per heavy atom. The lowest BCUT2D eigenvalue weighted by Gasteiger charge is -2.20. The summed E-state index contributed by atoms with van der Waals surface area (Å²) in [7, 11) is 0. The number of imidazole rings is 1. The number of nitrogens with zero attached hydrogens (tertiary/aromatic N) is 3. The summed E-state index contributed by atoms with van der Waals surface area (Å²) in [6.45, 7) is 7.72. The van der Waals surface area contributed by atoms with E-state index in [2.05, 4.69) is 86.0 Å². The van der Waals surface area contributed by atoms with E-state index in [1.165, 1.54) is 16.7 Å². The van der Waals surface area contributed by atoms with Crippen molar-refractivity contribution in [2.75, 3.05) is 11.4 Å². The highest BCUT2D eigenvalue weighted by Crippen LogP contribution is 2.35. The average molecular weight is 410 g/mol. The van der Waals surface area contributed by atoms with E-state index < -0.39 is 0 Å². The second kappa shape index (κ2) is 7.69. The average Bonchev–Trinajstić information content (AvgIpc) is 3.32. The van der Waals surface area contributed by atoms with Gasteiger partial charge in [0.1, 0.15) is 5.82 Å². The van der Waals surface area contributed by atoms with Gasteiger partial charge < -0.3 is 9.47 Å². The maximum absolute atomic E-state index is 13.0. The lowest BCUT2D eigenvalue weighted by molar-refractivity contribution is -0.117. The summed E-state index contributed by atoms with van der Waals surface area (Å²) < 4.78 is 2.31. The molecule has 0 aliphatic carbocycles. The SMILES string of the molecule is Cc1ccc(C)c(N2CC(c3nc4ccccc4n3Cc3ccccc3C)CC2=O)c1. The third-order valence-electron chi connectivity index (χ3n) is 6.42. The minimum Gasteiger partial charge on any atom is -0.323 e. The highest BCUT2D eigenvalue weighted by molar-refractivity contribution is 5.97. The largest absolute Gasteiger partial charge is 0.323 e. The van der Waals surface area contributed by atoms with Gasteiger partial charge >= 0.3 is 0 Å². The number of anilines is 1. The van der Waals surface area contributed by atoms with Gasteiger partial charge in [0.15, 0.2) is 0 Å². The van der Waals surface area contributed by atoms with Gasteiger partial charge in [-0.1, -0.05) is 48.5 Å². The molecule has 3 aromatic carbocycles. The number of aromatic nitrogens is 2. The zero-order valence-corrected chi connectivity index (χ0v) is 18.3. The Morgan fingerprint density at radius 2 is 1.71 bits per heavy atom. The van der Waals surface area contributed by atoms with Gasteiger partial charge in [0.2, 0.25) is 5.91 Å². The molecule has 4 heteroatoms. The van der Waals surface area contributed by atoms with Crippen molar-refractivity contribution >= 4 is 22.6 Å². The standard InChI is InChI=1S/C27H27N3O/c1-18-12-13-20(3)25(14-18)29-17-22(15-26(29)31)27-28-23-10-6-7-11-24(23)30(27)16-21-9-5-4-8-19(21)2/h4-14,22H,15-17H2,1-3H3. The van der Waals surface area contributed by atoms with Crippen LogP contribution in [0.15, 0.2) is 66.7 Å². The van der Waals surface area contributed by atoms with E-state index in [4.69, 9.17) is 4.98 Å². The number of carbonyl (C=O) groups is 1. The first kappa shape index (κ1) is 19.6. The first-order valence-electron chi connectivity index (χ1n) is 10.9. The molecular formula is C27H27N3O. The Labute approximate surface area is 183 Å². The first-order chi connectivity index (χ1) is 15.0. The Morgan fingerprint density at radius 1 is 0.935 bits per heavy atom. The second-order valence-corrected chi connectivity index (χ2v) is 8.67. The maximum Gasteiger partial charge on any atom is 0.227 e. The molecule has 1 unspecified atom stereocenters. The molecule has 0 bridgehead atoms. The van der Waals surface area contributed by atoms with Gasteiger partial charge in [-0.25, -0.2) is 4.98 Å². The van der Waals surface area contributed by atoms with Crippen LogP contribution < -0.4 is 4.90 Å². The van der Waals surface area contributed by atoms with Crippen molar-refractivity contribution in [3.8, 4) is 0 Å². The number of carbonyl (C=O) groups excluding carboxylic acids is 1. The predicted molar refractivity (Wildman–Crippen MR) is 126 cm³/mol. The van der Waals surface area contributed by atoms with E-state index in [9.17, 15) is 4.79 Å². The van der Waals surface area contributed by atoms with E-state index in [-0.39, 0.29) is 11.8 Å². The molecule has 0 saturated carbocycles. The van der Waals surface area contributed by atoms with Crippen LogP contribution in [-0.4, -0.2) is 22.0 Å². The summed E-state index contributed by atoms with van der Waals surface area (Å²) in [5.41, 5.74) is 7.99. The van der Waals surface area contributed by atoms with E-state index in [0.29, 0.717) is 13.0 Å². The first-order valence-corrected chi connectivity index (χ1v) is 10.9. The van der Waals surface area contributed by atoms with Crippen molar-refractivity contribution in [3.63, 3.8) is 0 Å². The minimum atomic E-state index is 0.0730. The van der Waals surface area contributed by atoms with Crippen LogP contribution in [0.4, 0.5) is 5.69 Å². The van der Waals surface area contributed by atoms with E-state index >= 15 is 0 Å². The molecular weight excluding hydrogens is 382 g/mol. The van der Waals surface area contributed by atoms with Crippen molar-refractivity contribution in [2.24, 2.45) is 0 Å². The second-order valence-electron chi connectivity index (χ2n) is 8.67. The number of amides is 1. The van der Waals surface area contributed by atoms with Crippen LogP contribution in [0.5, 0.6) is 0 Å². The van der Waals surface area contributed by atoms with E-state index in [1.54, 1.807) is 0 Å². The number of hydrogen-bond acceptors (Lipinski definition) is 2. The van der Waals surface area contributed by atoms with Crippen LogP contribution in [0.1, 0.15) is 40.4 Å². The molecule has 0 radical (unpaired) electrons. The quantitative estimate of drug-likeness (QED) is 0.444. The van der Waals surface area contributed by atoms with Crippen molar-refractivity contribution in [1.82, 2.24) is 9.55 Å². The normalized spacial score (nSPS) is 16.4.